The van der Waals surface area contributed by atoms with Gasteiger partial charge in [0, 0.05) is 30.6 Å². The van der Waals surface area contributed by atoms with E-state index < -0.39 is 6.09 Å². The number of ether oxygens (including phenoxy) is 1. The lowest BCUT2D eigenvalue weighted by atomic mass is 9.91. The second-order valence-corrected chi connectivity index (χ2v) is 6.70. The molecule has 28 heavy (non-hydrogen) atoms. The second kappa shape index (κ2) is 7.56. The summed E-state index contributed by atoms with van der Waals surface area (Å²) >= 11 is 0. The first kappa shape index (κ1) is 17.8. The van der Waals surface area contributed by atoms with Crippen LogP contribution in [0.2, 0.25) is 0 Å². The highest BCUT2D eigenvalue weighted by Gasteiger charge is 2.32. The molecule has 0 aliphatic carbocycles. The molecule has 0 bridgehead atoms. The van der Waals surface area contributed by atoms with Crippen LogP contribution >= 0.6 is 0 Å². The highest BCUT2D eigenvalue weighted by Crippen LogP contribution is 2.33. The lowest BCUT2D eigenvalue weighted by molar-refractivity contribution is -0.130. The summed E-state index contributed by atoms with van der Waals surface area (Å²) in [4.78, 5) is 33.0. The van der Waals surface area contributed by atoms with E-state index in [1.165, 1.54) is 6.08 Å². The Morgan fingerprint density at radius 3 is 2.86 bits per heavy atom. The van der Waals surface area contributed by atoms with Crippen molar-refractivity contribution in [2.75, 3.05) is 18.4 Å². The Labute approximate surface area is 162 Å². The number of hydrogen-bond acceptors (Lipinski definition) is 4. The maximum absolute atomic E-state index is 12.1. The third-order valence-corrected chi connectivity index (χ3v) is 4.83. The number of benzene rings is 1. The minimum Gasteiger partial charge on any atom is -0.444 e. The van der Waals surface area contributed by atoms with E-state index in [0.29, 0.717) is 18.8 Å². The molecule has 3 aromatic rings. The molecule has 7 heteroatoms. The Morgan fingerprint density at radius 1 is 1.32 bits per heavy atom. The van der Waals surface area contributed by atoms with E-state index in [1.54, 1.807) is 11.1 Å². The number of fused-ring (bicyclic) bond motifs is 1. The first-order chi connectivity index (χ1) is 13.6. The zero-order chi connectivity index (χ0) is 19.5. The number of likely N-dealkylation sites (tertiary alicyclic amines) is 1. The third kappa shape index (κ3) is 3.59. The normalized spacial score (nSPS) is 13.8. The van der Waals surface area contributed by atoms with Crippen LogP contribution in [0.25, 0.3) is 11.0 Å². The molecule has 2 N–H and O–H groups in total. The van der Waals surface area contributed by atoms with E-state index >= 15 is 0 Å². The lowest BCUT2D eigenvalue weighted by Crippen LogP contribution is -2.47. The molecule has 3 heterocycles. The molecular formula is C21H20N4O3. The van der Waals surface area contributed by atoms with Crippen LogP contribution in [0, 0.1) is 0 Å². The molecule has 0 saturated carbocycles. The number of pyridine rings is 1. The van der Waals surface area contributed by atoms with Crippen molar-refractivity contribution in [1.29, 1.82) is 0 Å². The van der Waals surface area contributed by atoms with Crippen molar-refractivity contribution in [2.45, 2.75) is 12.5 Å². The monoisotopic (exact) mass is 376 g/mol. The smallest absolute Gasteiger partial charge is 0.412 e. The molecule has 7 nitrogen and oxygen atoms in total. The SMILES string of the molecule is C=CC(=O)N1CC(c2c[nH]c3ncc(NC(=O)OCc4ccccc4)cc23)C1. The molecule has 1 saturated heterocycles. The Balaban J connectivity index is 1.42. The number of aromatic nitrogens is 2. The lowest BCUT2D eigenvalue weighted by Gasteiger charge is -2.38. The minimum absolute atomic E-state index is 0.0577. The van der Waals surface area contributed by atoms with Gasteiger partial charge in [-0.3, -0.25) is 10.1 Å². The van der Waals surface area contributed by atoms with Crippen molar-refractivity contribution in [2.24, 2.45) is 0 Å². The Bertz CT molecular complexity index is 1020. The minimum atomic E-state index is -0.534. The van der Waals surface area contributed by atoms with Gasteiger partial charge in [-0.15, -0.1) is 0 Å². The highest BCUT2D eigenvalue weighted by atomic mass is 16.5. The van der Waals surface area contributed by atoms with Crippen LogP contribution in [0.1, 0.15) is 17.0 Å². The molecule has 2 aromatic heterocycles. The highest BCUT2D eigenvalue weighted by molar-refractivity contribution is 5.91. The van der Waals surface area contributed by atoms with E-state index in [2.05, 4.69) is 21.9 Å². The van der Waals surface area contributed by atoms with Crippen LogP contribution in [0.5, 0.6) is 0 Å². The average molecular weight is 376 g/mol. The van der Waals surface area contributed by atoms with E-state index in [4.69, 9.17) is 4.74 Å². The molecule has 4 rings (SSSR count). The topological polar surface area (TPSA) is 87.3 Å². The molecule has 1 aromatic carbocycles. The molecule has 1 aliphatic heterocycles. The molecule has 0 atom stereocenters. The Morgan fingerprint density at radius 2 is 2.11 bits per heavy atom. The largest absolute Gasteiger partial charge is 0.444 e. The van der Waals surface area contributed by atoms with Crippen LogP contribution in [0.3, 0.4) is 0 Å². The fourth-order valence-electron chi connectivity index (χ4n) is 3.29. The van der Waals surface area contributed by atoms with Gasteiger partial charge in [0.25, 0.3) is 0 Å². The van der Waals surface area contributed by atoms with Crippen molar-refractivity contribution in [1.82, 2.24) is 14.9 Å². The van der Waals surface area contributed by atoms with Crippen molar-refractivity contribution in [3.63, 3.8) is 0 Å². The second-order valence-electron chi connectivity index (χ2n) is 6.70. The summed E-state index contributed by atoms with van der Waals surface area (Å²) in [5, 5.41) is 3.64. The number of rotatable bonds is 5. The number of amides is 2. The van der Waals surface area contributed by atoms with E-state index in [1.807, 2.05) is 42.6 Å². The van der Waals surface area contributed by atoms with Gasteiger partial charge < -0.3 is 14.6 Å². The summed E-state index contributed by atoms with van der Waals surface area (Å²) in [7, 11) is 0. The van der Waals surface area contributed by atoms with Gasteiger partial charge in [-0.25, -0.2) is 9.78 Å². The maximum atomic E-state index is 12.1. The molecule has 1 aliphatic rings. The van der Waals surface area contributed by atoms with Crippen LogP contribution in [-0.2, 0) is 16.1 Å². The molecule has 0 radical (unpaired) electrons. The fourth-order valence-corrected chi connectivity index (χ4v) is 3.29. The van der Waals surface area contributed by atoms with Gasteiger partial charge in [-0.05, 0) is 23.3 Å². The molecule has 142 valence electrons. The number of H-pyrrole nitrogens is 1. The fraction of sp³-hybridized carbons (Fsp3) is 0.190. The van der Waals surface area contributed by atoms with Crippen molar-refractivity contribution in [3.05, 3.63) is 72.6 Å². The predicted octanol–water partition coefficient (Wildman–Crippen LogP) is 3.42. The number of aromatic amines is 1. The maximum Gasteiger partial charge on any atom is 0.412 e. The Kier molecular flexibility index (Phi) is 4.80. The molecule has 0 spiro atoms. The van der Waals surface area contributed by atoms with Gasteiger partial charge in [-0.1, -0.05) is 36.9 Å². The summed E-state index contributed by atoms with van der Waals surface area (Å²) in [5.74, 6) is 0.178. The molecular weight excluding hydrogens is 356 g/mol. The quantitative estimate of drug-likeness (QED) is 0.668. The van der Waals surface area contributed by atoms with Crippen LogP contribution in [0.15, 0.2) is 61.4 Å². The number of anilines is 1. The molecule has 2 amide bonds. The first-order valence-corrected chi connectivity index (χ1v) is 9.00. The summed E-state index contributed by atoms with van der Waals surface area (Å²) in [6, 6.07) is 11.4. The van der Waals surface area contributed by atoms with Gasteiger partial charge in [0.05, 0.1) is 11.9 Å². The number of nitrogens with one attached hydrogen (secondary N) is 2. The van der Waals surface area contributed by atoms with Crippen molar-refractivity contribution < 1.29 is 14.3 Å². The van der Waals surface area contributed by atoms with Crippen molar-refractivity contribution >= 4 is 28.7 Å². The van der Waals surface area contributed by atoms with Crippen LogP contribution in [0.4, 0.5) is 10.5 Å². The summed E-state index contributed by atoms with van der Waals surface area (Å²) in [5.41, 5.74) is 3.30. The summed E-state index contributed by atoms with van der Waals surface area (Å²) in [6.45, 7) is 5.01. The van der Waals surface area contributed by atoms with Gasteiger partial charge in [-0.2, -0.15) is 0 Å². The standard InChI is InChI=1S/C21H20N4O3/c1-2-19(26)25-11-15(12-25)18-10-23-20-17(18)8-16(9-22-20)24-21(27)28-13-14-6-4-3-5-7-14/h2-10,15H,1,11-13H2,(H,22,23)(H,24,27). The van der Waals surface area contributed by atoms with Gasteiger partial charge in [0.1, 0.15) is 12.3 Å². The predicted molar refractivity (Wildman–Crippen MR) is 106 cm³/mol. The third-order valence-electron chi connectivity index (χ3n) is 4.83. The van der Waals surface area contributed by atoms with Gasteiger partial charge in [0.2, 0.25) is 5.91 Å². The summed E-state index contributed by atoms with van der Waals surface area (Å²) in [6.07, 6.45) is 4.29. The number of carbonyl (C=O) groups excluding carboxylic acids is 2. The van der Waals surface area contributed by atoms with Crippen molar-refractivity contribution in [3.8, 4) is 0 Å². The van der Waals surface area contributed by atoms with Crippen LogP contribution in [-0.4, -0.2) is 40.0 Å². The average Bonchev–Trinajstić information content (AvgIpc) is 3.09. The Hall–Kier alpha value is -3.61. The van der Waals surface area contributed by atoms with Gasteiger partial charge in [0.15, 0.2) is 0 Å². The van der Waals surface area contributed by atoms with Gasteiger partial charge >= 0.3 is 6.09 Å². The first-order valence-electron chi connectivity index (χ1n) is 9.00. The number of carbonyl (C=O) groups is 2. The summed E-state index contributed by atoms with van der Waals surface area (Å²) < 4.78 is 5.25. The zero-order valence-corrected chi connectivity index (χ0v) is 15.2. The zero-order valence-electron chi connectivity index (χ0n) is 15.2. The van der Waals surface area contributed by atoms with E-state index in [0.717, 1.165) is 22.2 Å². The van der Waals surface area contributed by atoms with Crippen LogP contribution < -0.4 is 5.32 Å². The number of nitrogens with zero attached hydrogens (tertiary/aromatic N) is 2. The van der Waals surface area contributed by atoms with E-state index in [-0.39, 0.29) is 18.4 Å². The molecule has 0 unspecified atom stereocenters. The van der Waals surface area contributed by atoms with E-state index in [9.17, 15) is 9.59 Å². The molecule has 1 fully saturated rings. The number of hydrogen-bond donors (Lipinski definition) is 2.